The average Bonchev–Trinajstić information content (AvgIpc) is 2.98. The van der Waals surface area contributed by atoms with Crippen molar-refractivity contribution in [2.24, 2.45) is 14.1 Å². The maximum Gasteiger partial charge on any atom is 0.332 e. The fraction of sp³-hybridized carbons (Fsp3) is 0.353. The van der Waals surface area contributed by atoms with E-state index < -0.39 is 17.4 Å². The number of aliphatic hydroxyl groups is 1. The molecule has 27 heavy (non-hydrogen) atoms. The lowest BCUT2D eigenvalue weighted by atomic mass is 10.2. The predicted molar refractivity (Wildman–Crippen MR) is 106 cm³/mol. The van der Waals surface area contributed by atoms with Gasteiger partial charge in [0.25, 0.3) is 5.56 Å². The molecule has 0 aliphatic heterocycles. The lowest BCUT2D eigenvalue weighted by Gasteiger charge is -2.12. The van der Waals surface area contributed by atoms with E-state index in [1.807, 2.05) is 0 Å². The Balaban J connectivity index is 2.23. The number of hydrogen-bond donors (Lipinski definition) is 2. The molecule has 0 aliphatic carbocycles. The molecule has 2 heterocycles. The van der Waals surface area contributed by atoms with E-state index >= 15 is 0 Å². The summed E-state index contributed by atoms with van der Waals surface area (Å²) in [7, 11) is 2.97. The lowest BCUT2D eigenvalue weighted by molar-refractivity contribution is 0.208. The third-order valence-corrected chi connectivity index (χ3v) is 4.97. The van der Waals surface area contributed by atoms with Crippen LogP contribution >= 0.6 is 23.2 Å². The number of aromatic nitrogens is 4. The number of nitrogens with one attached hydrogen (secondary N) is 1. The molecular formula is C17H19Cl2N5O3. The third kappa shape index (κ3) is 3.60. The summed E-state index contributed by atoms with van der Waals surface area (Å²) in [5.41, 5.74) is 0.425. The Labute approximate surface area is 164 Å². The zero-order valence-corrected chi connectivity index (χ0v) is 16.5. The van der Waals surface area contributed by atoms with Crippen LogP contribution in [0.2, 0.25) is 10.0 Å². The zero-order chi connectivity index (χ0) is 19.9. The van der Waals surface area contributed by atoms with E-state index in [2.05, 4.69) is 10.3 Å². The number of anilines is 1. The highest BCUT2D eigenvalue weighted by molar-refractivity contribution is 6.42. The van der Waals surface area contributed by atoms with Crippen LogP contribution in [0.25, 0.3) is 11.2 Å². The number of fused-ring (bicyclic) bond motifs is 1. The van der Waals surface area contributed by atoms with Gasteiger partial charge in [-0.25, -0.2) is 4.79 Å². The Hall–Kier alpha value is -2.29. The van der Waals surface area contributed by atoms with E-state index in [1.54, 1.807) is 36.7 Å². The fourth-order valence-electron chi connectivity index (χ4n) is 2.79. The summed E-state index contributed by atoms with van der Waals surface area (Å²) in [5, 5.41) is 13.4. The zero-order valence-electron chi connectivity index (χ0n) is 15.0. The minimum absolute atomic E-state index is 0.235. The highest BCUT2D eigenvalue weighted by atomic mass is 35.5. The minimum Gasteiger partial charge on any atom is -0.392 e. The Morgan fingerprint density at radius 3 is 2.52 bits per heavy atom. The molecule has 0 amide bonds. The molecule has 0 unspecified atom stereocenters. The average molecular weight is 412 g/mol. The molecule has 0 aliphatic rings. The van der Waals surface area contributed by atoms with E-state index in [0.717, 1.165) is 10.1 Å². The van der Waals surface area contributed by atoms with Gasteiger partial charge in [-0.15, -0.1) is 0 Å². The van der Waals surface area contributed by atoms with E-state index in [0.29, 0.717) is 16.0 Å². The van der Waals surface area contributed by atoms with E-state index in [9.17, 15) is 14.7 Å². The first kappa shape index (κ1) is 19.5. The minimum atomic E-state index is -0.616. The summed E-state index contributed by atoms with van der Waals surface area (Å²) in [6.45, 7) is 2.15. The highest BCUT2D eigenvalue weighted by Gasteiger charge is 2.19. The van der Waals surface area contributed by atoms with Gasteiger partial charge in [0.15, 0.2) is 11.2 Å². The van der Waals surface area contributed by atoms with Crippen LogP contribution in [-0.4, -0.2) is 36.4 Å². The first-order chi connectivity index (χ1) is 12.7. The highest BCUT2D eigenvalue weighted by Crippen LogP contribution is 2.24. The van der Waals surface area contributed by atoms with Crippen molar-refractivity contribution in [3.8, 4) is 0 Å². The van der Waals surface area contributed by atoms with Crippen LogP contribution in [0.15, 0.2) is 27.8 Å². The Kier molecular flexibility index (Phi) is 5.32. The Morgan fingerprint density at radius 1 is 1.19 bits per heavy atom. The summed E-state index contributed by atoms with van der Waals surface area (Å²) in [6, 6.07) is 5.18. The van der Waals surface area contributed by atoms with Crippen LogP contribution in [-0.2, 0) is 20.6 Å². The monoisotopic (exact) mass is 411 g/mol. The molecule has 0 bridgehead atoms. The van der Waals surface area contributed by atoms with Gasteiger partial charge in [0.1, 0.15) is 0 Å². The maximum atomic E-state index is 12.7. The predicted octanol–water partition coefficient (Wildman–Crippen LogP) is 1.58. The van der Waals surface area contributed by atoms with Gasteiger partial charge in [-0.2, -0.15) is 4.98 Å². The van der Waals surface area contributed by atoms with Crippen molar-refractivity contribution < 1.29 is 5.11 Å². The molecule has 0 saturated heterocycles. The number of hydrogen-bond acceptors (Lipinski definition) is 5. The molecule has 0 radical (unpaired) electrons. The molecule has 8 nitrogen and oxygen atoms in total. The molecule has 0 saturated carbocycles. The molecule has 3 aromatic rings. The normalized spacial score (nSPS) is 12.5. The van der Waals surface area contributed by atoms with Crippen molar-refractivity contribution in [3.63, 3.8) is 0 Å². The molecule has 2 aromatic heterocycles. The number of benzene rings is 1. The summed E-state index contributed by atoms with van der Waals surface area (Å²) >= 11 is 12.1. The second-order valence-electron chi connectivity index (χ2n) is 6.38. The molecular weight excluding hydrogens is 393 g/mol. The van der Waals surface area contributed by atoms with Crippen LogP contribution in [0.4, 0.5) is 5.95 Å². The summed E-state index contributed by atoms with van der Waals surface area (Å²) in [4.78, 5) is 29.4. The molecule has 144 valence electrons. The Morgan fingerprint density at radius 2 is 1.89 bits per heavy atom. The molecule has 0 spiro atoms. The number of halogens is 2. The van der Waals surface area contributed by atoms with Gasteiger partial charge in [0, 0.05) is 20.6 Å². The SMILES string of the molecule is C[C@H](O)CNc1nc2c(c(=O)n(C)c(=O)n2C)n1Cc1ccc(Cl)c(Cl)c1. The van der Waals surface area contributed by atoms with E-state index in [-0.39, 0.29) is 24.3 Å². The largest absolute Gasteiger partial charge is 0.392 e. The number of aryl methyl sites for hydroxylation is 1. The van der Waals surface area contributed by atoms with E-state index in [1.165, 1.54) is 11.6 Å². The molecule has 1 atom stereocenters. The molecule has 10 heteroatoms. The van der Waals surface area contributed by atoms with Crippen LogP contribution < -0.4 is 16.6 Å². The van der Waals surface area contributed by atoms with Gasteiger partial charge < -0.3 is 10.4 Å². The van der Waals surface area contributed by atoms with Crippen molar-refractivity contribution >= 4 is 40.3 Å². The maximum absolute atomic E-state index is 12.7. The topological polar surface area (TPSA) is 94.1 Å². The van der Waals surface area contributed by atoms with Gasteiger partial charge in [-0.05, 0) is 24.6 Å². The van der Waals surface area contributed by atoms with Gasteiger partial charge >= 0.3 is 5.69 Å². The molecule has 0 fully saturated rings. The van der Waals surface area contributed by atoms with Crippen molar-refractivity contribution in [2.45, 2.75) is 19.6 Å². The summed E-state index contributed by atoms with van der Waals surface area (Å²) in [6.07, 6.45) is -0.616. The number of imidazole rings is 1. The number of rotatable bonds is 5. The summed E-state index contributed by atoms with van der Waals surface area (Å²) < 4.78 is 4.02. The number of nitrogens with zero attached hydrogens (tertiary/aromatic N) is 4. The molecule has 2 N–H and O–H groups in total. The smallest absolute Gasteiger partial charge is 0.332 e. The third-order valence-electron chi connectivity index (χ3n) is 4.23. The first-order valence-corrected chi connectivity index (χ1v) is 8.98. The van der Waals surface area contributed by atoms with Crippen LogP contribution in [0.3, 0.4) is 0 Å². The molecule has 3 rings (SSSR count). The van der Waals surface area contributed by atoms with Gasteiger partial charge in [-0.3, -0.25) is 18.5 Å². The second kappa shape index (κ2) is 7.38. The quantitative estimate of drug-likeness (QED) is 0.664. The second-order valence-corrected chi connectivity index (χ2v) is 7.19. The Bertz CT molecular complexity index is 1130. The first-order valence-electron chi connectivity index (χ1n) is 8.22. The summed E-state index contributed by atoms with van der Waals surface area (Å²) in [5.74, 6) is 0.371. The van der Waals surface area contributed by atoms with Gasteiger partial charge in [-0.1, -0.05) is 29.3 Å². The lowest BCUT2D eigenvalue weighted by Crippen LogP contribution is -2.37. The molecule has 1 aromatic carbocycles. The van der Waals surface area contributed by atoms with Crippen molar-refractivity contribution in [1.29, 1.82) is 0 Å². The van der Waals surface area contributed by atoms with Crippen LogP contribution in [0, 0.1) is 0 Å². The standard InChI is InChI=1S/C17H19Cl2N5O3/c1-9(25)7-20-16-21-14-13(15(26)23(3)17(27)22(14)2)24(16)8-10-4-5-11(18)12(19)6-10/h4-6,9,25H,7-8H2,1-3H3,(H,20,21)/t9-/m0/s1. The van der Waals surface area contributed by atoms with Crippen LogP contribution in [0.5, 0.6) is 0 Å². The van der Waals surface area contributed by atoms with Crippen LogP contribution in [0.1, 0.15) is 12.5 Å². The fourth-order valence-corrected chi connectivity index (χ4v) is 3.12. The van der Waals surface area contributed by atoms with E-state index in [4.69, 9.17) is 23.2 Å². The van der Waals surface area contributed by atoms with Crippen molar-refractivity contribution in [2.75, 3.05) is 11.9 Å². The van der Waals surface area contributed by atoms with Gasteiger partial charge in [0.05, 0.1) is 22.7 Å². The van der Waals surface area contributed by atoms with Gasteiger partial charge in [0.2, 0.25) is 5.95 Å². The van der Waals surface area contributed by atoms with Crippen molar-refractivity contribution in [1.82, 2.24) is 18.7 Å². The number of aliphatic hydroxyl groups excluding tert-OH is 1. The van der Waals surface area contributed by atoms with Crippen molar-refractivity contribution in [3.05, 3.63) is 54.6 Å².